The molecule has 392 valence electrons. The molecule has 0 spiro atoms. The fourth-order valence-corrected chi connectivity index (χ4v) is 7.47. The normalized spacial score (nSPS) is 12.9. The zero-order valence-corrected chi connectivity index (χ0v) is 44.8. The molecular formula is C63H104O6. The van der Waals surface area contributed by atoms with Gasteiger partial charge in [-0.3, -0.25) is 14.4 Å². The standard InChI is InChI=1S/C63H104O6/c1-4-7-10-13-16-19-22-25-27-29-31-32-33-35-36-38-41-44-47-50-53-56-62(65)68-59-60(58-67-61(64)55-52-49-46-43-40-24-21-18-15-12-9-6-3)69-63(66)57-54-51-48-45-42-39-37-34-30-28-26-23-20-17-14-11-8-5-2/h7,10,16,18-21,23,25,27-28,30-32,35-36,41,44,60H,4-6,8-9,11-15,17,22,24,26,29,33-34,37-40,42-43,45-59H2,1-3H3/b10-7-,19-16-,21-18-,23-20-,27-25-,30-28-,32-31-,36-35-,44-41-. The van der Waals surface area contributed by atoms with Gasteiger partial charge in [0.05, 0.1) is 0 Å². The molecule has 0 bridgehead atoms. The maximum Gasteiger partial charge on any atom is 0.306 e. The van der Waals surface area contributed by atoms with Crippen LogP contribution in [0, 0.1) is 0 Å². The zero-order chi connectivity index (χ0) is 50.0. The molecule has 0 saturated carbocycles. The van der Waals surface area contributed by atoms with Crippen molar-refractivity contribution in [2.24, 2.45) is 0 Å². The van der Waals surface area contributed by atoms with Crippen LogP contribution in [0.15, 0.2) is 109 Å². The van der Waals surface area contributed by atoms with Gasteiger partial charge >= 0.3 is 17.9 Å². The van der Waals surface area contributed by atoms with Gasteiger partial charge in [0.25, 0.3) is 0 Å². The molecule has 69 heavy (non-hydrogen) atoms. The highest BCUT2D eigenvalue weighted by Gasteiger charge is 2.19. The van der Waals surface area contributed by atoms with E-state index in [0.29, 0.717) is 25.7 Å². The first-order valence-electron chi connectivity index (χ1n) is 28.4. The third kappa shape index (κ3) is 54.9. The molecule has 0 fully saturated rings. The van der Waals surface area contributed by atoms with Gasteiger partial charge in [-0.2, -0.15) is 0 Å². The zero-order valence-electron chi connectivity index (χ0n) is 44.8. The van der Waals surface area contributed by atoms with Crippen LogP contribution in [0.25, 0.3) is 0 Å². The number of rotatable bonds is 50. The van der Waals surface area contributed by atoms with Crippen molar-refractivity contribution in [3.05, 3.63) is 109 Å². The summed E-state index contributed by atoms with van der Waals surface area (Å²) in [6, 6.07) is 0. The summed E-state index contributed by atoms with van der Waals surface area (Å²) in [6.45, 7) is 6.43. The molecule has 0 aliphatic rings. The van der Waals surface area contributed by atoms with Crippen LogP contribution in [0.5, 0.6) is 0 Å². The van der Waals surface area contributed by atoms with Crippen molar-refractivity contribution in [1.82, 2.24) is 0 Å². The number of carbonyl (C=O) groups is 3. The van der Waals surface area contributed by atoms with Crippen molar-refractivity contribution in [1.29, 1.82) is 0 Å². The Kier molecular flexibility index (Phi) is 53.4. The minimum atomic E-state index is -0.806. The average Bonchev–Trinajstić information content (AvgIpc) is 3.35. The van der Waals surface area contributed by atoms with E-state index in [9.17, 15) is 14.4 Å². The number of allylic oxidation sites excluding steroid dienone is 18. The Morgan fingerprint density at radius 2 is 0.565 bits per heavy atom. The second-order valence-corrected chi connectivity index (χ2v) is 18.5. The van der Waals surface area contributed by atoms with Crippen molar-refractivity contribution in [3.8, 4) is 0 Å². The molecule has 0 radical (unpaired) electrons. The lowest BCUT2D eigenvalue weighted by atomic mass is 10.1. The molecule has 6 heteroatoms. The van der Waals surface area contributed by atoms with Crippen molar-refractivity contribution in [3.63, 3.8) is 0 Å². The van der Waals surface area contributed by atoms with E-state index in [1.165, 1.54) is 89.9 Å². The fraction of sp³-hybridized carbons (Fsp3) is 0.667. The lowest BCUT2D eigenvalue weighted by Gasteiger charge is -2.18. The SMILES string of the molecule is CC/C=C\C/C=C\C/C=C\C/C=C\C/C=C\C/C=C\CCCCC(=O)OCC(COC(=O)CCCCCCC/C=C\CCCCC)OC(=O)CCCCCCCCC/C=C\C/C=C\CCCCCC. The molecule has 1 unspecified atom stereocenters. The van der Waals surface area contributed by atoms with E-state index in [1.807, 2.05) is 0 Å². The van der Waals surface area contributed by atoms with E-state index < -0.39 is 6.10 Å². The van der Waals surface area contributed by atoms with E-state index in [1.54, 1.807) is 0 Å². The van der Waals surface area contributed by atoms with Gasteiger partial charge in [-0.05, 0) is 128 Å². The predicted octanol–water partition coefficient (Wildman–Crippen LogP) is 19.1. The Morgan fingerprint density at radius 3 is 0.957 bits per heavy atom. The Bertz CT molecular complexity index is 1420. The highest BCUT2D eigenvalue weighted by atomic mass is 16.6. The lowest BCUT2D eigenvalue weighted by Crippen LogP contribution is -2.30. The maximum atomic E-state index is 12.8. The first kappa shape index (κ1) is 65.1. The van der Waals surface area contributed by atoms with Crippen LogP contribution in [0.3, 0.4) is 0 Å². The van der Waals surface area contributed by atoms with Gasteiger partial charge in [-0.25, -0.2) is 0 Å². The maximum absolute atomic E-state index is 12.8. The van der Waals surface area contributed by atoms with E-state index in [-0.39, 0.29) is 31.1 Å². The summed E-state index contributed by atoms with van der Waals surface area (Å²) in [4.78, 5) is 38.1. The number of hydrogen-bond acceptors (Lipinski definition) is 6. The molecule has 0 aromatic heterocycles. The summed E-state index contributed by atoms with van der Waals surface area (Å²) in [5.74, 6) is -0.963. The molecule has 0 aliphatic carbocycles. The van der Waals surface area contributed by atoms with E-state index in [2.05, 4.69) is 130 Å². The summed E-state index contributed by atoms with van der Waals surface area (Å²) in [7, 11) is 0. The summed E-state index contributed by atoms with van der Waals surface area (Å²) in [5.41, 5.74) is 0. The van der Waals surface area contributed by atoms with Crippen molar-refractivity contribution < 1.29 is 28.6 Å². The first-order chi connectivity index (χ1) is 34.0. The van der Waals surface area contributed by atoms with Crippen LogP contribution in [0.2, 0.25) is 0 Å². The molecular weight excluding hydrogens is 853 g/mol. The van der Waals surface area contributed by atoms with Crippen LogP contribution in [-0.2, 0) is 28.6 Å². The molecule has 0 amide bonds. The monoisotopic (exact) mass is 957 g/mol. The van der Waals surface area contributed by atoms with E-state index >= 15 is 0 Å². The highest BCUT2D eigenvalue weighted by molar-refractivity contribution is 5.71. The summed E-state index contributed by atoms with van der Waals surface area (Å²) < 4.78 is 16.8. The fourth-order valence-electron chi connectivity index (χ4n) is 7.47. The summed E-state index contributed by atoms with van der Waals surface area (Å²) >= 11 is 0. The molecule has 0 heterocycles. The summed E-state index contributed by atoms with van der Waals surface area (Å²) in [6.07, 6.45) is 76.5. The second-order valence-electron chi connectivity index (χ2n) is 18.5. The third-order valence-electron chi connectivity index (χ3n) is 11.7. The minimum absolute atomic E-state index is 0.101. The van der Waals surface area contributed by atoms with Gasteiger partial charge in [-0.1, -0.05) is 214 Å². The average molecular weight is 958 g/mol. The first-order valence-corrected chi connectivity index (χ1v) is 28.4. The quantitative estimate of drug-likeness (QED) is 0.0262. The highest BCUT2D eigenvalue weighted by Crippen LogP contribution is 2.14. The Morgan fingerprint density at radius 1 is 0.304 bits per heavy atom. The molecule has 0 aromatic carbocycles. The van der Waals surface area contributed by atoms with E-state index in [4.69, 9.17) is 14.2 Å². The van der Waals surface area contributed by atoms with Crippen LogP contribution >= 0.6 is 0 Å². The number of hydrogen-bond donors (Lipinski definition) is 0. The molecule has 0 aliphatic heterocycles. The second kappa shape index (κ2) is 56.7. The van der Waals surface area contributed by atoms with Crippen LogP contribution < -0.4 is 0 Å². The van der Waals surface area contributed by atoms with Gasteiger partial charge < -0.3 is 14.2 Å². The smallest absolute Gasteiger partial charge is 0.306 e. The largest absolute Gasteiger partial charge is 0.462 e. The molecule has 1 atom stereocenters. The predicted molar refractivity (Wildman–Crippen MR) is 297 cm³/mol. The van der Waals surface area contributed by atoms with Crippen molar-refractivity contribution in [2.45, 2.75) is 258 Å². The van der Waals surface area contributed by atoms with Gasteiger partial charge in [0.1, 0.15) is 13.2 Å². The lowest BCUT2D eigenvalue weighted by molar-refractivity contribution is -0.167. The molecule has 0 aromatic rings. The van der Waals surface area contributed by atoms with Crippen molar-refractivity contribution in [2.75, 3.05) is 13.2 Å². The minimum Gasteiger partial charge on any atom is -0.462 e. The van der Waals surface area contributed by atoms with E-state index in [0.717, 1.165) is 116 Å². The molecule has 0 rings (SSSR count). The third-order valence-corrected chi connectivity index (χ3v) is 11.7. The van der Waals surface area contributed by atoms with Gasteiger partial charge in [0.15, 0.2) is 6.10 Å². The molecule has 0 N–H and O–H groups in total. The summed E-state index contributed by atoms with van der Waals surface area (Å²) in [5, 5.41) is 0. The number of esters is 3. The topological polar surface area (TPSA) is 78.9 Å². The number of unbranched alkanes of at least 4 members (excludes halogenated alkanes) is 21. The van der Waals surface area contributed by atoms with Gasteiger partial charge in [0, 0.05) is 19.3 Å². The van der Waals surface area contributed by atoms with Crippen LogP contribution in [0.1, 0.15) is 252 Å². The molecule has 0 saturated heterocycles. The van der Waals surface area contributed by atoms with Gasteiger partial charge in [-0.15, -0.1) is 0 Å². The number of ether oxygens (including phenoxy) is 3. The Balaban J connectivity index is 4.47. The Hall–Kier alpha value is -3.93. The molecule has 6 nitrogen and oxygen atoms in total. The van der Waals surface area contributed by atoms with Crippen LogP contribution in [-0.4, -0.2) is 37.2 Å². The number of carbonyl (C=O) groups excluding carboxylic acids is 3. The van der Waals surface area contributed by atoms with Crippen LogP contribution in [0.4, 0.5) is 0 Å². The van der Waals surface area contributed by atoms with Gasteiger partial charge in [0.2, 0.25) is 0 Å². The van der Waals surface area contributed by atoms with Crippen molar-refractivity contribution >= 4 is 17.9 Å². The Labute approximate surface area is 425 Å².